The van der Waals surface area contributed by atoms with Crippen LogP contribution in [-0.2, 0) is 4.79 Å². The summed E-state index contributed by atoms with van der Waals surface area (Å²) >= 11 is 0. The summed E-state index contributed by atoms with van der Waals surface area (Å²) in [6, 6.07) is 6.55. The summed E-state index contributed by atoms with van der Waals surface area (Å²) in [6.45, 7) is 3.69. The van der Waals surface area contributed by atoms with Crippen LogP contribution in [0.5, 0.6) is 0 Å². The Labute approximate surface area is 133 Å². The van der Waals surface area contributed by atoms with Crippen molar-refractivity contribution in [3.63, 3.8) is 0 Å². The van der Waals surface area contributed by atoms with Crippen LogP contribution in [0.3, 0.4) is 0 Å². The monoisotopic (exact) mass is 315 g/mol. The number of hydrogen-bond acceptors (Lipinski definition) is 4. The number of carbonyl (C=O) groups is 1. The molecule has 5 rings (SSSR count). The summed E-state index contributed by atoms with van der Waals surface area (Å²) in [7, 11) is 0. The SMILES string of the molecule is CC(=O)N1N=C2C3CC[NH+](CC3)[C@H]2[C@@H]1c1cccc([N+](=O)[O-])c1. The molecule has 4 aliphatic rings. The number of non-ortho nitro benzene ring substituents is 1. The molecule has 1 N–H and O–H groups in total. The molecule has 0 saturated carbocycles. The summed E-state index contributed by atoms with van der Waals surface area (Å²) in [5.41, 5.74) is 1.98. The molecule has 1 aromatic rings. The van der Waals surface area contributed by atoms with E-state index in [1.807, 2.05) is 6.07 Å². The number of benzene rings is 1. The number of carbonyl (C=O) groups excluding carboxylic acids is 1. The topological polar surface area (TPSA) is 80.2 Å². The Morgan fingerprint density at radius 2 is 2.13 bits per heavy atom. The first-order chi connectivity index (χ1) is 11.1. The van der Waals surface area contributed by atoms with Crippen molar-refractivity contribution in [3.05, 3.63) is 39.9 Å². The second-order valence-electron chi connectivity index (χ2n) is 6.60. The zero-order valence-electron chi connectivity index (χ0n) is 12.9. The van der Waals surface area contributed by atoms with Gasteiger partial charge in [0, 0.05) is 37.8 Å². The van der Waals surface area contributed by atoms with Crippen LogP contribution in [-0.4, -0.2) is 40.7 Å². The average molecular weight is 315 g/mol. The molecule has 4 heterocycles. The van der Waals surface area contributed by atoms with Gasteiger partial charge in [0.1, 0.15) is 11.8 Å². The van der Waals surface area contributed by atoms with E-state index in [0.29, 0.717) is 5.92 Å². The van der Waals surface area contributed by atoms with E-state index in [2.05, 4.69) is 5.10 Å². The molecule has 2 atom stereocenters. The molecule has 0 spiro atoms. The van der Waals surface area contributed by atoms with Crippen molar-refractivity contribution in [2.75, 3.05) is 13.1 Å². The normalized spacial score (nSPS) is 31.7. The van der Waals surface area contributed by atoms with Crippen molar-refractivity contribution in [2.45, 2.75) is 31.8 Å². The maximum absolute atomic E-state index is 12.1. The molecule has 0 unspecified atom stereocenters. The zero-order chi connectivity index (χ0) is 16.1. The number of rotatable bonds is 2. The smallest absolute Gasteiger partial charge is 0.269 e. The van der Waals surface area contributed by atoms with Crippen LogP contribution in [0.1, 0.15) is 31.4 Å². The summed E-state index contributed by atoms with van der Waals surface area (Å²) in [4.78, 5) is 24.2. The van der Waals surface area contributed by atoms with Crippen molar-refractivity contribution in [1.82, 2.24) is 5.01 Å². The first-order valence-corrected chi connectivity index (χ1v) is 8.03. The van der Waals surface area contributed by atoms with Crippen LogP contribution in [0.15, 0.2) is 29.4 Å². The highest BCUT2D eigenvalue weighted by atomic mass is 16.6. The minimum absolute atomic E-state index is 0.0606. The van der Waals surface area contributed by atoms with Gasteiger partial charge in [-0.25, -0.2) is 5.01 Å². The van der Waals surface area contributed by atoms with Crippen LogP contribution in [0.4, 0.5) is 5.69 Å². The number of nitrogens with zero attached hydrogens (tertiary/aromatic N) is 3. The maximum atomic E-state index is 12.1. The molecule has 120 valence electrons. The van der Waals surface area contributed by atoms with E-state index in [4.69, 9.17) is 0 Å². The molecule has 2 bridgehead atoms. The molecule has 7 heteroatoms. The van der Waals surface area contributed by atoms with E-state index in [-0.39, 0.29) is 23.7 Å². The lowest BCUT2D eigenvalue weighted by molar-refractivity contribution is -0.927. The summed E-state index contributed by atoms with van der Waals surface area (Å²) in [5.74, 6) is 0.353. The summed E-state index contributed by atoms with van der Waals surface area (Å²) in [5, 5.41) is 17.3. The fourth-order valence-corrected chi connectivity index (χ4v) is 4.34. The Kier molecular flexibility index (Phi) is 3.19. The van der Waals surface area contributed by atoms with Gasteiger partial charge in [0.2, 0.25) is 5.91 Å². The Hall–Kier alpha value is -2.28. The lowest BCUT2D eigenvalue weighted by atomic mass is 9.78. The highest BCUT2D eigenvalue weighted by Gasteiger charge is 2.54. The van der Waals surface area contributed by atoms with Crippen LogP contribution in [0.2, 0.25) is 0 Å². The molecule has 3 saturated heterocycles. The average Bonchev–Trinajstić information content (AvgIpc) is 2.99. The summed E-state index contributed by atoms with van der Waals surface area (Å²) in [6.07, 6.45) is 2.25. The number of amides is 1. The molecular weight excluding hydrogens is 296 g/mol. The number of nitrogens with one attached hydrogen (secondary N) is 1. The molecule has 23 heavy (non-hydrogen) atoms. The van der Waals surface area contributed by atoms with Crippen LogP contribution in [0.25, 0.3) is 0 Å². The minimum Gasteiger partial charge on any atom is -0.326 e. The van der Waals surface area contributed by atoms with Crippen LogP contribution >= 0.6 is 0 Å². The van der Waals surface area contributed by atoms with Crippen molar-refractivity contribution in [2.24, 2.45) is 11.0 Å². The molecule has 0 aliphatic carbocycles. The molecule has 3 fully saturated rings. The molecule has 4 aliphatic heterocycles. The second kappa shape index (κ2) is 5.13. The van der Waals surface area contributed by atoms with Gasteiger partial charge in [0.15, 0.2) is 6.04 Å². The highest BCUT2D eigenvalue weighted by Crippen LogP contribution is 2.37. The van der Waals surface area contributed by atoms with Gasteiger partial charge in [-0.1, -0.05) is 12.1 Å². The van der Waals surface area contributed by atoms with Gasteiger partial charge < -0.3 is 4.90 Å². The number of fused-ring (bicyclic) bond motifs is 2. The van der Waals surface area contributed by atoms with Crippen LogP contribution < -0.4 is 4.90 Å². The maximum Gasteiger partial charge on any atom is 0.269 e. The Bertz CT molecular complexity index is 709. The standard InChI is InChI=1S/C16H18N4O3/c1-10(21)19-15(12-3-2-4-13(9-12)20(22)23)16-14(17-19)11-5-7-18(16)8-6-11/h2-4,9,11,15-16H,5-8H2,1H3/p+1/t15-,16+/m0/s1. The molecular formula is C16H19N4O3+. The summed E-state index contributed by atoms with van der Waals surface area (Å²) < 4.78 is 0. The van der Waals surface area contributed by atoms with E-state index in [9.17, 15) is 14.9 Å². The lowest BCUT2D eigenvalue weighted by Crippen LogP contribution is -3.20. The third-order valence-electron chi connectivity index (χ3n) is 5.35. The van der Waals surface area contributed by atoms with E-state index in [0.717, 1.165) is 37.2 Å². The van der Waals surface area contributed by atoms with E-state index in [1.54, 1.807) is 17.1 Å². The second-order valence-corrected chi connectivity index (χ2v) is 6.60. The van der Waals surface area contributed by atoms with Crippen molar-refractivity contribution < 1.29 is 14.6 Å². The number of quaternary nitrogens is 1. The van der Waals surface area contributed by atoms with Gasteiger partial charge in [-0.05, 0) is 5.56 Å². The fourth-order valence-electron chi connectivity index (χ4n) is 4.34. The van der Waals surface area contributed by atoms with Gasteiger partial charge in [0.05, 0.1) is 18.0 Å². The number of hydrogen-bond donors (Lipinski definition) is 1. The minimum atomic E-state index is -0.390. The van der Waals surface area contributed by atoms with Gasteiger partial charge in [-0.3, -0.25) is 14.9 Å². The molecule has 1 aromatic carbocycles. The number of piperidine rings is 3. The van der Waals surface area contributed by atoms with E-state index in [1.165, 1.54) is 17.9 Å². The first-order valence-electron chi connectivity index (χ1n) is 8.03. The van der Waals surface area contributed by atoms with Gasteiger partial charge >= 0.3 is 0 Å². The highest BCUT2D eigenvalue weighted by molar-refractivity contribution is 5.95. The van der Waals surface area contributed by atoms with Gasteiger partial charge in [-0.2, -0.15) is 5.10 Å². The third-order valence-corrected chi connectivity index (χ3v) is 5.35. The van der Waals surface area contributed by atoms with Crippen molar-refractivity contribution >= 4 is 17.3 Å². The van der Waals surface area contributed by atoms with Crippen molar-refractivity contribution in [3.8, 4) is 0 Å². The van der Waals surface area contributed by atoms with Crippen molar-refractivity contribution in [1.29, 1.82) is 0 Å². The molecule has 7 nitrogen and oxygen atoms in total. The molecule has 0 radical (unpaired) electrons. The number of nitro groups is 1. The molecule has 1 amide bonds. The van der Waals surface area contributed by atoms with Gasteiger partial charge in [-0.15, -0.1) is 0 Å². The Balaban J connectivity index is 1.78. The third kappa shape index (κ3) is 2.15. The fraction of sp³-hybridized carbons (Fsp3) is 0.500. The van der Waals surface area contributed by atoms with Gasteiger partial charge in [0.25, 0.3) is 5.69 Å². The van der Waals surface area contributed by atoms with E-state index < -0.39 is 4.92 Å². The molecule has 0 aromatic heterocycles. The zero-order valence-corrected chi connectivity index (χ0v) is 12.9. The van der Waals surface area contributed by atoms with Crippen LogP contribution in [0, 0.1) is 16.0 Å². The predicted octanol–water partition coefficient (Wildman–Crippen LogP) is 0.531. The van der Waals surface area contributed by atoms with E-state index >= 15 is 0 Å². The predicted molar refractivity (Wildman–Crippen MR) is 83.0 cm³/mol. The lowest BCUT2D eigenvalue weighted by Gasteiger charge is -2.42. The quantitative estimate of drug-likeness (QED) is 0.638. The number of hydrazone groups is 1. The Morgan fingerprint density at radius 3 is 2.78 bits per heavy atom. The number of nitro benzene ring substituents is 1. The first kappa shape index (κ1) is 14.3. The Morgan fingerprint density at radius 1 is 1.39 bits per heavy atom. The largest absolute Gasteiger partial charge is 0.326 e.